The van der Waals surface area contributed by atoms with Crippen molar-refractivity contribution < 1.29 is 9.53 Å². The predicted octanol–water partition coefficient (Wildman–Crippen LogP) is 3.18. The summed E-state index contributed by atoms with van der Waals surface area (Å²) in [5.41, 5.74) is 2.63. The molecule has 0 saturated heterocycles. The Morgan fingerprint density at radius 1 is 1.08 bits per heavy atom. The Bertz CT molecular complexity index is 1010. The van der Waals surface area contributed by atoms with Crippen molar-refractivity contribution in [1.29, 1.82) is 0 Å². The van der Waals surface area contributed by atoms with Gasteiger partial charge in [-0.2, -0.15) is 0 Å². The predicted molar refractivity (Wildman–Crippen MR) is 100 cm³/mol. The number of nitrogens with one attached hydrogen (secondary N) is 1. The van der Waals surface area contributed by atoms with Crippen molar-refractivity contribution in [1.82, 2.24) is 4.98 Å². The van der Waals surface area contributed by atoms with Crippen molar-refractivity contribution >= 4 is 11.6 Å². The molecule has 3 aromatic rings. The number of carbonyl (C=O) groups is 1. The Labute approximate surface area is 150 Å². The maximum Gasteiger partial charge on any atom is 0.267 e. The minimum atomic E-state index is -0.449. The van der Waals surface area contributed by atoms with Gasteiger partial charge in [0.2, 0.25) is 0 Å². The Balaban J connectivity index is 1.79. The summed E-state index contributed by atoms with van der Waals surface area (Å²) in [5, 5.41) is 0. The van der Waals surface area contributed by atoms with Crippen LogP contribution >= 0.6 is 0 Å². The van der Waals surface area contributed by atoms with Gasteiger partial charge in [-0.25, -0.2) is 0 Å². The number of aromatic amines is 1. The van der Waals surface area contributed by atoms with Gasteiger partial charge in [0, 0.05) is 24.3 Å². The standard InChI is InChI=1S/C21H18N2O3/c1-26-18-11-12-22-20(24)19(18)21(25)23-13-16(14-7-3-2-4-8-14)15-9-5-6-10-17(15)23/h2-12,16H,13H2,1H3,(H,22,24)/t16-/m0/s1. The number of hydrogen-bond acceptors (Lipinski definition) is 3. The van der Waals surface area contributed by atoms with Crippen LogP contribution in [0, 0.1) is 0 Å². The topological polar surface area (TPSA) is 62.4 Å². The van der Waals surface area contributed by atoms with Crippen molar-refractivity contribution in [2.24, 2.45) is 0 Å². The average molecular weight is 346 g/mol. The molecule has 0 spiro atoms. The van der Waals surface area contributed by atoms with E-state index in [1.54, 1.807) is 11.0 Å². The molecule has 130 valence electrons. The summed E-state index contributed by atoms with van der Waals surface area (Å²) in [6.45, 7) is 0.486. The summed E-state index contributed by atoms with van der Waals surface area (Å²) in [6, 6.07) is 19.5. The van der Waals surface area contributed by atoms with Gasteiger partial charge in [0.05, 0.1) is 7.11 Å². The van der Waals surface area contributed by atoms with Gasteiger partial charge in [0.15, 0.2) is 0 Å². The van der Waals surface area contributed by atoms with Crippen LogP contribution in [0.25, 0.3) is 0 Å². The fourth-order valence-corrected chi connectivity index (χ4v) is 3.54. The number of hydrogen-bond donors (Lipinski definition) is 1. The van der Waals surface area contributed by atoms with E-state index in [4.69, 9.17) is 4.74 Å². The normalized spacial score (nSPS) is 15.6. The highest BCUT2D eigenvalue weighted by atomic mass is 16.5. The minimum absolute atomic E-state index is 0.0264. The van der Waals surface area contributed by atoms with Crippen LogP contribution in [0.1, 0.15) is 27.4 Å². The van der Waals surface area contributed by atoms with Crippen molar-refractivity contribution in [3.05, 3.63) is 93.9 Å². The van der Waals surface area contributed by atoms with E-state index in [-0.39, 0.29) is 23.1 Å². The van der Waals surface area contributed by atoms with E-state index in [0.717, 1.165) is 16.8 Å². The van der Waals surface area contributed by atoms with Gasteiger partial charge in [-0.3, -0.25) is 9.59 Å². The second kappa shape index (κ2) is 6.52. The molecule has 2 heterocycles. The third-order valence-electron chi connectivity index (χ3n) is 4.77. The number of pyridine rings is 1. The SMILES string of the molecule is COc1cc[nH]c(=O)c1C(=O)N1C[C@@H](c2ccccc2)c2ccccc21. The van der Waals surface area contributed by atoms with E-state index in [1.165, 1.54) is 13.3 Å². The molecule has 26 heavy (non-hydrogen) atoms. The summed E-state index contributed by atoms with van der Waals surface area (Å²) in [4.78, 5) is 29.7. The highest BCUT2D eigenvalue weighted by Gasteiger charge is 2.35. The molecule has 5 nitrogen and oxygen atoms in total. The summed E-state index contributed by atoms with van der Waals surface area (Å²) >= 11 is 0. The zero-order valence-electron chi connectivity index (χ0n) is 14.3. The van der Waals surface area contributed by atoms with Crippen LogP contribution in [0.5, 0.6) is 5.75 Å². The molecule has 0 saturated carbocycles. The molecule has 1 atom stereocenters. The number of nitrogens with zero attached hydrogens (tertiary/aromatic N) is 1. The van der Waals surface area contributed by atoms with Crippen LogP contribution in [-0.4, -0.2) is 24.5 Å². The molecule has 0 fully saturated rings. The fourth-order valence-electron chi connectivity index (χ4n) is 3.54. The maximum atomic E-state index is 13.2. The van der Waals surface area contributed by atoms with Gasteiger partial charge in [0.1, 0.15) is 11.3 Å². The van der Waals surface area contributed by atoms with Crippen molar-refractivity contribution in [2.75, 3.05) is 18.6 Å². The van der Waals surface area contributed by atoms with E-state index < -0.39 is 5.56 Å². The average Bonchev–Trinajstić information content (AvgIpc) is 3.07. The fraction of sp³-hybridized carbons (Fsp3) is 0.143. The van der Waals surface area contributed by atoms with Gasteiger partial charge >= 0.3 is 0 Å². The number of para-hydroxylation sites is 1. The molecule has 1 aromatic heterocycles. The highest BCUT2D eigenvalue weighted by molar-refractivity contribution is 6.09. The number of carbonyl (C=O) groups excluding carboxylic acids is 1. The third-order valence-corrected chi connectivity index (χ3v) is 4.77. The van der Waals surface area contributed by atoms with Crippen LogP contribution in [0.15, 0.2) is 71.7 Å². The Kier molecular flexibility index (Phi) is 4.05. The van der Waals surface area contributed by atoms with Crippen LogP contribution in [0.3, 0.4) is 0 Å². The van der Waals surface area contributed by atoms with E-state index in [2.05, 4.69) is 17.1 Å². The molecule has 4 rings (SSSR count). The first-order valence-electron chi connectivity index (χ1n) is 8.42. The summed E-state index contributed by atoms with van der Waals surface area (Å²) < 4.78 is 5.24. The Morgan fingerprint density at radius 2 is 1.81 bits per heavy atom. The maximum absolute atomic E-state index is 13.2. The first kappa shape index (κ1) is 16.1. The number of amides is 1. The molecule has 0 unspecified atom stereocenters. The van der Waals surface area contributed by atoms with Crippen molar-refractivity contribution in [3.8, 4) is 5.75 Å². The zero-order chi connectivity index (χ0) is 18.1. The monoisotopic (exact) mass is 346 g/mol. The third kappa shape index (κ3) is 2.58. The molecule has 1 aliphatic rings. The van der Waals surface area contributed by atoms with Gasteiger partial charge in [0.25, 0.3) is 11.5 Å². The lowest BCUT2D eigenvalue weighted by Gasteiger charge is -2.19. The number of methoxy groups -OCH3 is 1. The number of ether oxygens (including phenoxy) is 1. The van der Waals surface area contributed by atoms with E-state index in [1.807, 2.05) is 42.5 Å². The van der Waals surface area contributed by atoms with Crippen LogP contribution in [0.2, 0.25) is 0 Å². The first-order chi connectivity index (χ1) is 12.7. The lowest BCUT2D eigenvalue weighted by Crippen LogP contribution is -2.34. The molecule has 2 aromatic carbocycles. The number of anilines is 1. The second-order valence-electron chi connectivity index (χ2n) is 6.19. The number of H-pyrrole nitrogens is 1. The lowest BCUT2D eigenvalue weighted by atomic mass is 9.93. The number of rotatable bonds is 3. The van der Waals surface area contributed by atoms with Crippen LogP contribution in [-0.2, 0) is 0 Å². The summed E-state index contributed by atoms with van der Waals surface area (Å²) in [6.07, 6.45) is 1.47. The van der Waals surface area contributed by atoms with Gasteiger partial charge in [-0.1, -0.05) is 48.5 Å². The molecule has 1 aliphatic heterocycles. The van der Waals surface area contributed by atoms with Crippen LogP contribution < -0.4 is 15.2 Å². The summed E-state index contributed by atoms with van der Waals surface area (Å²) in [7, 11) is 1.45. The van der Waals surface area contributed by atoms with Crippen molar-refractivity contribution in [2.45, 2.75) is 5.92 Å². The zero-order valence-corrected chi connectivity index (χ0v) is 14.3. The number of benzene rings is 2. The Hall–Kier alpha value is -3.34. The molecule has 1 amide bonds. The smallest absolute Gasteiger partial charge is 0.267 e. The quantitative estimate of drug-likeness (QED) is 0.792. The number of fused-ring (bicyclic) bond motifs is 1. The largest absolute Gasteiger partial charge is 0.496 e. The molecular weight excluding hydrogens is 328 g/mol. The minimum Gasteiger partial charge on any atom is -0.496 e. The van der Waals surface area contributed by atoms with Crippen LogP contribution in [0.4, 0.5) is 5.69 Å². The molecule has 1 N–H and O–H groups in total. The molecule has 0 aliphatic carbocycles. The van der Waals surface area contributed by atoms with Gasteiger partial charge in [-0.05, 0) is 23.3 Å². The second-order valence-corrected chi connectivity index (χ2v) is 6.19. The highest BCUT2D eigenvalue weighted by Crippen LogP contribution is 2.40. The van der Waals surface area contributed by atoms with Crippen molar-refractivity contribution in [3.63, 3.8) is 0 Å². The molecule has 5 heteroatoms. The van der Waals surface area contributed by atoms with Gasteiger partial charge < -0.3 is 14.6 Å². The van der Waals surface area contributed by atoms with Gasteiger partial charge in [-0.15, -0.1) is 0 Å². The first-order valence-corrected chi connectivity index (χ1v) is 8.42. The molecule has 0 radical (unpaired) electrons. The van der Waals surface area contributed by atoms with E-state index >= 15 is 0 Å². The molecule has 0 bridgehead atoms. The van der Waals surface area contributed by atoms with E-state index in [0.29, 0.717) is 6.54 Å². The van der Waals surface area contributed by atoms with E-state index in [9.17, 15) is 9.59 Å². The Morgan fingerprint density at radius 3 is 2.58 bits per heavy atom. The lowest BCUT2D eigenvalue weighted by molar-refractivity contribution is 0.0984. The summed E-state index contributed by atoms with van der Waals surface area (Å²) in [5.74, 6) is -0.000822. The molecular formula is C21H18N2O3. The number of aromatic nitrogens is 1.